The Kier molecular flexibility index (Phi) is 3.98. The van der Waals surface area contributed by atoms with Crippen LogP contribution in [0.3, 0.4) is 0 Å². The lowest BCUT2D eigenvalue weighted by atomic mass is 10.0. The summed E-state index contributed by atoms with van der Waals surface area (Å²) >= 11 is 0. The molecule has 1 amide bonds. The van der Waals surface area contributed by atoms with Crippen LogP contribution in [-0.2, 0) is 0 Å². The minimum Gasteiger partial charge on any atom is -0.497 e. The van der Waals surface area contributed by atoms with Gasteiger partial charge >= 0.3 is 0 Å². The first-order chi connectivity index (χ1) is 9.10. The predicted octanol–water partition coefficient (Wildman–Crippen LogP) is 2.59. The van der Waals surface area contributed by atoms with Crippen LogP contribution in [0.2, 0.25) is 0 Å². The summed E-state index contributed by atoms with van der Waals surface area (Å²) in [5.74, 6) is 0.571. The SMILES string of the molecule is CCCC1(CNC(=O)c2ccc(OC)cc2N)CC1. The molecule has 1 aromatic carbocycles. The summed E-state index contributed by atoms with van der Waals surface area (Å²) in [5.41, 5.74) is 7.20. The van der Waals surface area contributed by atoms with E-state index in [0.29, 0.717) is 22.4 Å². The largest absolute Gasteiger partial charge is 0.497 e. The van der Waals surface area contributed by atoms with Crippen molar-refractivity contribution in [1.82, 2.24) is 5.32 Å². The lowest BCUT2D eigenvalue weighted by Crippen LogP contribution is -2.30. The van der Waals surface area contributed by atoms with E-state index in [1.165, 1.54) is 25.7 Å². The molecule has 1 fully saturated rings. The molecular formula is C15H22N2O2. The minimum absolute atomic E-state index is 0.0949. The topological polar surface area (TPSA) is 64.3 Å². The molecule has 1 aromatic rings. The average molecular weight is 262 g/mol. The molecule has 4 heteroatoms. The second-order valence-corrected chi connectivity index (χ2v) is 5.39. The van der Waals surface area contributed by atoms with Crippen molar-refractivity contribution in [3.63, 3.8) is 0 Å². The number of anilines is 1. The molecule has 0 atom stereocenters. The van der Waals surface area contributed by atoms with Gasteiger partial charge in [0.05, 0.1) is 12.7 Å². The molecule has 0 radical (unpaired) electrons. The molecule has 4 nitrogen and oxygen atoms in total. The third-order valence-corrected chi connectivity index (χ3v) is 3.86. The van der Waals surface area contributed by atoms with Crippen LogP contribution in [0.1, 0.15) is 43.0 Å². The van der Waals surface area contributed by atoms with Gasteiger partial charge in [0.15, 0.2) is 0 Å². The van der Waals surface area contributed by atoms with Gasteiger partial charge in [-0.1, -0.05) is 13.3 Å². The van der Waals surface area contributed by atoms with Crippen molar-refractivity contribution in [2.75, 3.05) is 19.4 Å². The summed E-state index contributed by atoms with van der Waals surface area (Å²) in [6, 6.07) is 5.14. The molecule has 3 N–H and O–H groups in total. The van der Waals surface area contributed by atoms with Crippen LogP contribution >= 0.6 is 0 Å². The minimum atomic E-state index is -0.0949. The quantitative estimate of drug-likeness (QED) is 0.774. The molecule has 19 heavy (non-hydrogen) atoms. The van der Waals surface area contributed by atoms with Gasteiger partial charge in [0.25, 0.3) is 5.91 Å². The monoisotopic (exact) mass is 262 g/mol. The molecule has 1 aliphatic carbocycles. The molecule has 1 aliphatic rings. The van der Waals surface area contributed by atoms with Gasteiger partial charge < -0.3 is 15.8 Å². The maximum Gasteiger partial charge on any atom is 0.253 e. The van der Waals surface area contributed by atoms with Crippen molar-refractivity contribution < 1.29 is 9.53 Å². The number of nitrogen functional groups attached to an aromatic ring is 1. The standard InChI is InChI=1S/C15H22N2O2/c1-3-6-15(7-8-15)10-17-14(18)12-5-4-11(19-2)9-13(12)16/h4-5,9H,3,6-8,10,16H2,1-2H3,(H,17,18). The van der Waals surface area contributed by atoms with Crippen molar-refractivity contribution in [3.8, 4) is 5.75 Å². The number of ether oxygens (including phenoxy) is 1. The highest BCUT2D eigenvalue weighted by molar-refractivity contribution is 5.99. The van der Waals surface area contributed by atoms with E-state index < -0.39 is 0 Å². The maximum absolute atomic E-state index is 12.1. The Hall–Kier alpha value is -1.71. The zero-order valence-electron chi connectivity index (χ0n) is 11.7. The van der Waals surface area contributed by atoms with Gasteiger partial charge in [-0.2, -0.15) is 0 Å². The zero-order valence-corrected chi connectivity index (χ0v) is 11.7. The third-order valence-electron chi connectivity index (χ3n) is 3.86. The highest BCUT2D eigenvalue weighted by Gasteiger charge is 2.41. The van der Waals surface area contributed by atoms with E-state index in [4.69, 9.17) is 10.5 Å². The summed E-state index contributed by atoms with van der Waals surface area (Å²) in [5, 5.41) is 3.01. The lowest BCUT2D eigenvalue weighted by Gasteiger charge is -2.15. The van der Waals surface area contributed by atoms with Crippen molar-refractivity contribution in [1.29, 1.82) is 0 Å². The van der Waals surface area contributed by atoms with Gasteiger partial charge in [0.1, 0.15) is 5.75 Å². The first-order valence-electron chi connectivity index (χ1n) is 6.82. The van der Waals surface area contributed by atoms with Gasteiger partial charge in [-0.05, 0) is 36.8 Å². The number of amides is 1. The number of hydrogen-bond donors (Lipinski definition) is 2. The van der Waals surface area contributed by atoms with E-state index in [1.807, 2.05) is 0 Å². The molecule has 1 saturated carbocycles. The van der Waals surface area contributed by atoms with Gasteiger partial charge in [-0.25, -0.2) is 0 Å². The van der Waals surface area contributed by atoms with Crippen LogP contribution in [0.5, 0.6) is 5.75 Å². The van der Waals surface area contributed by atoms with E-state index in [2.05, 4.69) is 12.2 Å². The first kappa shape index (κ1) is 13.7. The van der Waals surface area contributed by atoms with E-state index in [1.54, 1.807) is 25.3 Å². The molecule has 0 bridgehead atoms. The molecule has 2 rings (SSSR count). The molecule has 104 valence electrons. The Bertz CT molecular complexity index is 467. The van der Waals surface area contributed by atoms with E-state index in [0.717, 1.165) is 6.54 Å². The highest BCUT2D eigenvalue weighted by atomic mass is 16.5. The van der Waals surface area contributed by atoms with Crippen molar-refractivity contribution >= 4 is 11.6 Å². The summed E-state index contributed by atoms with van der Waals surface area (Å²) in [4.78, 5) is 12.1. The number of nitrogens with two attached hydrogens (primary N) is 1. The molecule has 0 heterocycles. The van der Waals surface area contributed by atoms with Crippen LogP contribution < -0.4 is 15.8 Å². The number of benzene rings is 1. The first-order valence-corrected chi connectivity index (χ1v) is 6.82. The van der Waals surface area contributed by atoms with Gasteiger partial charge in [-0.15, -0.1) is 0 Å². The molecule has 0 aromatic heterocycles. The predicted molar refractivity (Wildman–Crippen MR) is 76.3 cm³/mol. The van der Waals surface area contributed by atoms with E-state index in [-0.39, 0.29) is 5.91 Å². The second kappa shape index (κ2) is 5.51. The molecular weight excluding hydrogens is 240 g/mol. The smallest absolute Gasteiger partial charge is 0.253 e. The highest BCUT2D eigenvalue weighted by Crippen LogP contribution is 2.48. The fourth-order valence-electron chi connectivity index (χ4n) is 2.46. The summed E-state index contributed by atoms with van der Waals surface area (Å²) in [7, 11) is 1.58. The third kappa shape index (κ3) is 3.19. The molecule has 0 saturated heterocycles. The Balaban J connectivity index is 1.96. The van der Waals surface area contributed by atoms with E-state index >= 15 is 0 Å². The fourth-order valence-corrected chi connectivity index (χ4v) is 2.46. The molecule has 0 unspecified atom stereocenters. The van der Waals surface area contributed by atoms with Crippen molar-refractivity contribution in [2.45, 2.75) is 32.6 Å². The fraction of sp³-hybridized carbons (Fsp3) is 0.533. The van der Waals surface area contributed by atoms with Crippen LogP contribution in [0.25, 0.3) is 0 Å². The van der Waals surface area contributed by atoms with Gasteiger partial charge in [-0.3, -0.25) is 4.79 Å². The summed E-state index contributed by atoms with van der Waals surface area (Å²) < 4.78 is 5.07. The lowest BCUT2D eigenvalue weighted by molar-refractivity contribution is 0.0944. The van der Waals surface area contributed by atoms with Crippen molar-refractivity contribution in [2.24, 2.45) is 5.41 Å². The Labute approximate surface area is 114 Å². The Morgan fingerprint density at radius 1 is 1.47 bits per heavy atom. The number of hydrogen-bond acceptors (Lipinski definition) is 3. The number of methoxy groups -OCH3 is 1. The Morgan fingerprint density at radius 2 is 2.21 bits per heavy atom. The maximum atomic E-state index is 12.1. The van der Waals surface area contributed by atoms with Crippen LogP contribution in [0, 0.1) is 5.41 Å². The summed E-state index contributed by atoms with van der Waals surface area (Å²) in [6.07, 6.45) is 4.80. The second-order valence-electron chi connectivity index (χ2n) is 5.39. The number of carbonyl (C=O) groups excluding carboxylic acids is 1. The Morgan fingerprint density at radius 3 is 2.74 bits per heavy atom. The molecule has 0 aliphatic heterocycles. The van der Waals surface area contributed by atoms with Gasteiger partial charge in [0.2, 0.25) is 0 Å². The molecule has 0 spiro atoms. The number of nitrogens with one attached hydrogen (secondary N) is 1. The van der Waals surface area contributed by atoms with Crippen LogP contribution in [-0.4, -0.2) is 19.6 Å². The van der Waals surface area contributed by atoms with Crippen LogP contribution in [0.15, 0.2) is 18.2 Å². The summed E-state index contributed by atoms with van der Waals surface area (Å²) in [6.45, 7) is 2.94. The van der Waals surface area contributed by atoms with Crippen LogP contribution in [0.4, 0.5) is 5.69 Å². The number of carbonyl (C=O) groups is 1. The average Bonchev–Trinajstić information content (AvgIpc) is 3.16. The number of rotatable bonds is 6. The zero-order chi connectivity index (χ0) is 13.9. The van der Waals surface area contributed by atoms with Gasteiger partial charge in [0, 0.05) is 18.3 Å². The normalized spacial score (nSPS) is 15.9. The van der Waals surface area contributed by atoms with E-state index in [9.17, 15) is 4.79 Å². The van der Waals surface area contributed by atoms with Crippen molar-refractivity contribution in [3.05, 3.63) is 23.8 Å².